The SMILES string of the molecule is COc1ccc(C)cc1CSc1nnc(-c2ccc(C)cc2)o1. The fourth-order valence-electron chi connectivity index (χ4n) is 2.24. The molecule has 0 aliphatic heterocycles. The van der Waals surface area contributed by atoms with Crippen LogP contribution in [0.4, 0.5) is 0 Å². The maximum Gasteiger partial charge on any atom is 0.277 e. The normalized spacial score (nSPS) is 10.7. The summed E-state index contributed by atoms with van der Waals surface area (Å²) in [6.45, 7) is 4.11. The van der Waals surface area contributed by atoms with E-state index in [0.717, 1.165) is 22.6 Å². The van der Waals surface area contributed by atoms with Gasteiger partial charge in [0.2, 0.25) is 5.89 Å². The fraction of sp³-hybridized carbons (Fsp3) is 0.222. The van der Waals surface area contributed by atoms with Crippen LogP contribution in [0, 0.1) is 13.8 Å². The van der Waals surface area contributed by atoms with E-state index < -0.39 is 0 Å². The third-order valence-electron chi connectivity index (χ3n) is 3.49. The minimum absolute atomic E-state index is 0.545. The van der Waals surface area contributed by atoms with E-state index in [9.17, 15) is 0 Å². The molecule has 3 rings (SSSR count). The molecule has 118 valence electrons. The van der Waals surface area contributed by atoms with Crippen molar-refractivity contribution in [2.75, 3.05) is 7.11 Å². The molecular formula is C18H18N2O2S. The van der Waals surface area contributed by atoms with Crippen LogP contribution in [0.25, 0.3) is 11.5 Å². The van der Waals surface area contributed by atoms with Gasteiger partial charge in [-0.1, -0.05) is 47.2 Å². The van der Waals surface area contributed by atoms with Crippen molar-refractivity contribution in [2.24, 2.45) is 0 Å². The van der Waals surface area contributed by atoms with Crippen molar-refractivity contribution in [3.63, 3.8) is 0 Å². The van der Waals surface area contributed by atoms with Crippen LogP contribution in [-0.4, -0.2) is 17.3 Å². The summed E-state index contributed by atoms with van der Waals surface area (Å²) in [6.07, 6.45) is 0. The summed E-state index contributed by atoms with van der Waals surface area (Å²) in [4.78, 5) is 0. The van der Waals surface area contributed by atoms with Gasteiger partial charge in [-0.3, -0.25) is 0 Å². The predicted molar refractivity (Wildman–Crippen MR) is 91.8 cm³/mol. The Hall–Kier alpha value is -2.27. The van der Waals surface area contributed by atoms with Gasteiger partial charge in [-0.05, 0) is 32.0 Å². The molecule has 2 aromatic carbocycles. The zero-order chi connectivity index (χ0) is 16.2. The number of hydrogen-bond acceptors (Lipinski definition) is 5. The van der Waals surface area contributed by atoms with Crippen LogP contribution in [0.5, 0.6) is 5.75 Å². The van der Waals surface area contributed by atoms with Crippen LogP contribution >= 0.6 is 11.8 Å². The largest absolute Gasteiger partial charge is 0.496 e. The van der Waals surface area contributed by atoms with Crippen molar-refractivity contribution in [2.45, 2.75) is 24.8 Å². The molecule has 1 aromatic heterocycles. The fourth-order valence-corrected chi connectivity index (χ4v) is 2.98. The molecule has 0 spiro atoms. The smallest absolute Gasteiger partial charge is 0.277 e. The van der Waals surface area contributed by atoms with E-state index in [4.69, 9.17) is 9.15 Å². The summed E-state index contributed by atoms with van der Waals surface area (Å²) in [7, 11) is 1.68. The molecule has 0 fully saturated rings. The second-order valence-corrected chi connectivity index (χ2v) is 6.27. The lowest BCUT2D eigenvalue weighted by molar-refractivity contribution is 0.411. The van der Waals surface area contributed by atoms with Crippen LogP contribution in [0.2, 0.25) is 0 Å². The van der Waals surface area contributed by atoms with Gasteiger partial charge in [0.25, 0.3) is 5.22 Å². The van der Waals surface area contributed by atoms with E-state index in [-0.39, 0.29) is 0 Å². The summed E-state index contributed by atoms with van der Waals surface area (Å²) in [5.41, 5.74) is 4.46. The van der Waals surface area contributed by atoms with Crippen LogP contribution in [0.3, 0.4) is 0 Å². The number of nitrogens with zero attached hydrogens (tertiary/aromatic N) is 2. The molecule has 0 saturated carbocycles. The van der Waals surface area contributed by atoms with Gasteiger partial charge in [-0.15, -0.1) is 10.2 Å². The minimum Gasteiger partial charge on any atom is -0.496 e. The molecule has 4 nitrogen and oxygen atoms in total. The number of hydrogen-bond donors (Lipinski definition) is 0. The highest BCUT2D eigenvalue weighted by atomic mass is 32.2. The Morgan fingerprint density at radius 2 is 1.74 bits per heavy atom. The second kappa shape index (κ2) is 6.87. The van der Waals surface area contributed by atoms with Gasteiger partial charge in [-0.25, -0.2) is 0 Å². The Balaban J connectivity index is 1.72. The van der Waals surface area contributed by atoms with E-state index in [2.05, 4.69) is 23.2 Å². The summed E-state index contributed by atoms with van der Waals surface area (Å²) in [5.74, 6) is 2.14. The summed E-state index contributed by atoms with van der Waals surface area (Å²) in [5, 5.41) is 8.79. The standard InChI is InChI=1S/C18H18N2O2S/c1-12-4-7-14(8-5-12)17-19-20-18(22-17)23-11-15-10-13(2)6-9-16(15)21-3/h4-10H,11H2,1-3H3. The Morgan fingerprint density at radius 3 is 2.48 bits per heavy atom. The highest BCUT2D eigenvalue weighted by molar-refractivity contribution is 7.98. The van der Waals surface area contributed by atoms with Crippen LogP contribution in [0.15, 0.2) is 52.1 Å². The van der Waals surface area contributed by atoms with Crippen molar-refractivity contribution >= 4 is 11.8 Å². The van der Waals surface area contributed by atoms with Gasteiger partial charge in [0.05, 0.1) is 7.11 Å². The Bertz CT molecular complexity index is 797. The monoisotopic (exact) mass is 326 g/mol. The number of methoxy groups -OCH3 is 1. The number of benzene rings is 2. The zero-order valence-electron chi connectivity index (χ0n) is 13.4. The first-order valence-corrected chi connectivity index (χ1v) is 8.31. The summed E-state index contributed by atoms with van der Waals surface area (Å²) >= 11 is 1.51. The number of aryl methyl sites for hydroxylation is 2. The molecule has 0 radical (unpaired) electrons. The van der Waals surface area contributed by atoms with E-state index in [0.29, 0.717) is 11.1 Å². The van der Waals surface area contributed by atoms with E-state index >= 15 is 0 Å². The maximum atomic E-state index is 5.73. The summed E-state index contributed by atoms with van der Waals surface area (Å²) in [6, 6.07) is 14.2. The molecule has 0 aliphatic carbocycles. The molecule has 1 heterocycles. The molecule has 0 unspecified atom stereocenters. The average molecular weight is 326 g/mol. The Morgan fingerprint density at radius 1 is 1.00 bits per heavy atom. The number of rotatable bonds is 5. The van der Waals surface area contributed by atoms with Crippen molar-refractivity contribution in [3.05, 3.63) is 59.2 Å². The molecule has 0 atom stereocenters. The molecule has 0 aliphatic rings. The minimum atomic E-state index is 0.545. The van der Waals surface area contributed by atoms with Gasteiger partial charge in [0, 0.05) is 16.9 Å². The van der Waals surface area contributed by atoms with Gasteiger partial charge >= 0.3 is 0 Å². The van der Waals surface area contributed by atoms with Crippen LogP contribution in [-0.2, 0) is 5.75 Å². The van der Waals surface area contributed by atoms with Gasteiger partial charge < -0.3 is 9.15 Å². The molecule has 0 amide bonds. The third-order valence-corrected chi connectivity index (χ3v) is 4.36. The topological polar surface area (TPSA) is 48.2 Å². The molecule has 3 aromatic rings. The van der Waals surface area contributed by atoms with E-state index in [1.54, 1.807) is 7.11 Å². The quantitative estimate of drug-likeness (QED) is 0.638. The van der Waals surface area contributed by atoms with Crippen molar-refractivity contribution in [1.29, 1.82) is 0 Å². The highest BCUT2D eigenvalue weighted by Gasteiger charge is 2.11. The number of aromatic nitrogens is 2. The van der Waals surface area contributed by atoms with Gasteiger partial charge in [0.15, 0.2) is 0 Å². The lowest BCUT2D eigenvalue weighted by Gasteiger charge is -2.07. The second-order valence-electron chi connectivity index (χ2n) is 5.34. The highest BCUT2D eigenvalue weighted by Crippen LogP contribution is 2.29. The van der Waals surface area contributed by atoms with Crippen LogP contribution in [0.1, 0.15) is 16.7 Å². The predicted octanol–water partition coefficient (Wildman–Crippen LogP) is 4.65. The zero-order valence-corrected chi connectivity index (χ0v) is 14.2. The molecule has 0 saturated heterocycles. The first-order valence-electron chi connectivity index (χ1n) is 7.32. The molecule has 0 bridgehead atoms. The van der Waals surface area contributed by atoms with Gasteiger partial charge in [0.1, 0.15) is 5.75 Å². The molecule has 5 heteroatoms. The van der Waals surface area contributed by atoms with Crippen molar-refractivity contribution in [1.82, 2.24) is 10.2 Å². The van der Waals surface area contributed by atoms with Crippen molar-refractivity contribution in [3.8, 4) is 17.2 Å². The van der Waals surface area contributed by atoms with Crippen LogP contribution < -0.4 is 4.74 Å². The average Bonchev–Trinajstić information content (AvgIpc) is 3.03. The first-order chi connectivity index (χ1) is 11.2. The van der Waals surface area contributed by atoms with E-state index in [1.807, 2.05) is 43.3 Å². The third kappa shape index (κ3) is 3.74. The lowest BCUT2D eigenvalue weighted by atomic mass is 10.1. The lowest BCUT2D eigenvalue weighted by Crippen LogP contribution is -1.91. The molecule has 23 heavy (non-hydrogen) atoms. The first kappa shape index (κ1) is 15.6. The van der Waals surface area contributed by atoms with E-state index in [1.165, 1.54) is 22.9 Å². The Labute approximate surface area is 139 Å². The number of thioether (sulfide) groups is 1. The number of ether oxygens (including phenoxy) is 1. The maximum absolute atomic E-state index is 5.73. The molecule has 0 N–H and O–H groups in total. The van der Waals surface area contributed by atoms with Gasteiger partial charge in [-0.2, -0.15) is 0 Å². The summed E-state index contributed by atoms with van der Waals surface area (Å²) < 4.78 is 11.1. The Kier molecular flexibility index (Phi) is 4.67. The molecular weight excluding hydrogens is 308 g/mol. The van der Waals surface area contributed by atoms with Crippen molar-refractivity contribution < 1.29 is 9.15 Å².